The topological polar surface area (TPSA) is 215 Å². The van der Waals surface area contributed by atoms with E-state index in [0.29, 0.717) is 136 Å². The molecule has 2 fully saturated rings. The van der Waals surface area contributed by atoms with Crippen LogP contribution in [0.25, 0.3) is 21.9 Å². The van der Waals surface area contributed by atoms with Gasteiger partial charge in [-0.05, 0) is 76.6 Å². The number of carbonyl (C=O) groups is 1. The number of carbonyl (C=O) groups excluding carboxylic acids is 1. The van der Waals surface area contributed by atoms with Crippen LogP contribution in [0, 0.1) is 30.7 Å². The van der Waals surface area contributed by atoms with Crippen LogP contribution in [0.2, 0.25) is 0 Å². The summed E-state index contributed by atoms with van der Waals surface area (Å²) in [7, 11) is 0. The second-order valence-corrected chi connectivity index (χ2v) is 18.1. The summed E-state index contributed by atoms with van der Waals surface area (Å²) in [6, 6.07) is 8.80. The quantitative estimate of drug-likeness (QED) is 0.127. The van der Waals surface area contributed by atoms with Gasteiger partial charge >= 0.3 is 6.09 Å². The summed E-state index contributed by atoms with van der Waals surface area (Å²) in [5, 5.41) is 43.5. The van der Waals surface area contributed by atoms with Crippen LogP contribution in [0.15, 0.2) is 55.0 Å². The molecule has 0 radical (unpaired) electrons. The number of nitrogens with zero attached hydrogens (tertiary/aromatic N) is 8. The molecular formula is C47H54F2N8O9. The highest BCUT2D eigenvalue weighted by Gasteiger charge is 2.33. The number of fused-ring (bicyclic) bond motifs is 4. The van der Waals surface area contributed by atoms with E-state index in [1.807, 2.05) is 0 Å². The molecule has 0 aliphatic carbocycles. The fourth-order valence-corrected chi connectivity index (χ4v) is 10.1. The standard InChI is InChI=1S/C24H27FN4O5.C23H27FN4O4/c1-14-17(23(31)29-9-2-3-19(30)22(29)26-14)8-12-33-24(32)28-10-6-15(7-11-28)21-18-5-4-16(25)13-20(18)34-27-21;1-14-17(23(30)27-9-2-3-19(29)22(27)25-14)8-12-28(31)10-6-15(7-11-28)21-18-5-4-16(24)13-20(18)32-26-21/h4-5,13,15,19,30H,2-3,6-12H2,1H3;4-5,13,15,19,29H,2-3,6-12H2,1H3. The summed E-state index contributed by atoms with van der Waals surface area (Å²) in [6.45, 7) is 6.89. The monoisotopic (exact) mass is 912 g/mol. The number of hydrogen-bond donors (Lipinski definition) is 2. The van der Waals surface area contributed by atoms with Crippen molar-refractivity contribution in [3.8, 4) is 0 Å². The van der Waals surface area contributed by atoms with Crippen LogP contribution in [0.1, 0.15) is 121 Å². The van der Waals surface area contributed by atoms with E-state index in [-0.39, 0.29) is 52.3 Å². The molecule has 4 aliphatic heterocycles. The molecule has 17 nitrogen and oxygen atoms in total. The summed E-state index contributed by atoms with van der Waals surface area (Å²) in [5.74, 6) is 0.346. The number of aromatic nitrogens is 6. The molecule has 6 aromatic rings. The first-order valence-electron chi connectivity index (χ1n) is 22.9. The first kappa shape index (κ1) is 45.3. The number of rotatable bonds is 8. The van der Waals surface area contributed by atoms with Crippen molar-refractivity contribution in [2.24, 2.45) is 0 Å². The van der Waals surface area contributed by atoms with Crippen molar-refractivity contribution in [2.45, 2.75) is 115 Å². The number of ether oxygens (including phenoxy) is 1. The minimum atomic E-state index is -0.716. The average Bonchev–Trinajstić information content (AvgIpc) is 3.92. The second-order valence-electron chi connectivity index (χ2n) is 18.1. The van der Waals surface area contributed by atoms with Gasteiger partial charge in [-0.25, -0.2) is 23.5 Å². The maximum absolute atomic E-state index is 13.4. The first-order chi connectivity index (χ1) is 31.8. The molecule has 2 aromatic carbocycles. The molecule has 0 spiro atoms. The van der Waals surface area contributed by atoms with E-state index < -0.39 is 18.3 Å². The number of hydrogen-bond acceptors (Lipinski definition) is 13. The van der Waals surface area contributed by atoms with Crippen molar-refractivity contribution in [3.05, 3.63) is 119 Å². The molecule has 350 valence electrons. The number of aliphatic hydroxyl groups excluding tert-OH is 2. The normalized spacial score (nSPS) is 22.2. The number of quaternary nitrogens is 1. The first-order valence-corrected chi connectivity index (χ1v) is 22.9. The van der Waals surface area contributed by atoms with Gasteiger partial charge in [0.2, 0.25) is 0 Å². The van der Waals surface area contributed by atoms with E-state index in [0.717, 1.165) is 35.0 Å². The molecule has 66 heavy (non-hydrogen) atoms. The number of halogens is 2. The molecule has 0 bridgehead atoms. The molecular weight excluding hydrogens is 859 g/mol. The lowest BCUT2D eigenvalue weighted by Crippen LogP contribution is -2.49. The molecule has 2 atom stereocenters. The highest BCUT2D eigenvalue weighted by molar-refractivity contribution is 5.80. The van der Waals surface area contributed by atoms with E-state index in [1.54, 1.807) is 35.4 Å². The Hall–Kier alpha value is -5.89. The van der Waals surface area contributed by atoms with E-state index in [2.05, 4.69) is 20.3 Å². The number of aliphatic hydroxyl groups is 2. The van der Waals surface area contributed by atoms with Crippen LogP contribution >= 0.6 is 0 Å². The Balaban J connectivity index is 0.000000166. The highest BCUT2D eigenvalue weighted by Crippen LogP contribution is 2.36. The molecule has 10 rings (SSSR count). The zero-order valence-corrected chi connectivity index (χ0v) is 37.1. The summed E-state index contributed by atoms with van der Waals surface area (Å²) in [5.41, 5.74) is 4.39. The lowest BCUT2D eigenvalue weighted by atomic mass is 9.91. The molecule has 2 saturated heterocycles. The summed E-state index contributed by atoms with van der Waals surface area (Å²) in [4.78, 5) is 49.0. The van der Waals surface area contributed by atoms with Gasteiger partial charge in [0.15, 0.2) is 11.2 Å². The van der Waals surface area contributed by atoms with Crippen LogP contribution in [0.5, 0.6) is 0 Å². The lowest BCUT2D eigenvalue weighted by Gasteiger charge is -2.47. The Kier molecular flexibility index (Phi) is 12.9. The van der Waals surface area contributed by atoms with Crippen LogP contribution in [-0.2, 0) is 30.7 Å². The molecule has 8 heterocycles. The van der Waals surface area contributed by atoms with Crippen molar-refractivity contribution in [1.29, 1.82) is 0 Å². The minimum absolute atomic E-state index is 0.0813. The van der Waals surface area contributed by atoms with E-state index in [1.165, 1.54) is 28.8 Å². The van der Waals surface area contributed by atoms with E-state index in [9.17, 15) is 38.6 Å². The van der Waals surface area contributed by atoms with Gasteiger partial charge < -0.3 is 38.7 Å². The molecule has 4 aromatic heterocycles. The van der Waals surface area contributed by atoms with Crippen molar-refractivity contribution in [1.82, 2.24) is 34.3 Å². The largest absolute Gasteiger partial charge is 0.633 e. The lowest BCUT2D eigenvalue weighted by molar-refractivity contribution is -0.885. The molecule has 19 heteroatoms. The van der Waals surface area contributed by atoms with Crippen molar-refractivity contribution >= 4 is 28.0 Å². The molecule has 1 amide bonds. The average molecular weight is 913 g/mol. The molecule has 0 saturated carbocycles. The fraction of sp³-hybridized carbons (Fsp3) is 0.511. The number of amides is 1. The number of aryl methyl sites for hydroxylation is 2. The summed E-state index contributed by atoms with van der Waals surface area (Å²) < 4.78 is 45.6. The zero-order chi connectivity index (χ0) is 46.3. The van der Waals surface area contributed by atoms with E-state index >= 15 is 0 Å². The van der Waals surface area contributed by atoms with Gasteiger partial charge in [-0.1, -0.05) is 10.3 Å². The van der Waals surface area contributed by atoms with E-state index in [4.69, 9.17) is 13.8 Å². The Morgan fingerprint density at radius 1 is 0.742 bits per heavy atom. The third-order valence-corrected chi connectivity index (χ3v) is 13.9. The zero-order valence-electron chi connectivity index (χ0n) is 37.1. The van der Waals surface area contributed by atoms with Crippen molar-refractivity contribution < 1.29 is 42.2 Å². The van der Waals surface area contributed by atoms with Crippen molar-refractivity contribution in [2.75, 3.05) is 39.3 Å². The van der Waals surface area contributed by atoms with Crippen molar-refractivity contribution in [3.63, 3.8) is 0 Å². The Labute approximate surface area is 377 Å². The highest BCUT2D eigenvalue weighted by atomic mass is 19.1. The SMILES string of the molecule is Cc1nc2n(c(=O)c1CCOC(=O)N1CCC(c3noc4cc(F)ccc34)CC1)CCCC2O.Cc1nc2n(c(=O)c1CC[N+]1([O-])CCC(c3noc4cc(F)ccc34)CC1)CCCC2O. The molecule has 2 N–H and O–H groups in total. The smallest absolute Gasteiger partial charge is 0.409 e. The molecule has 2 unspecified atom stereocenters. The predicted octanol–water partition coefficient (Wildman–Crippen LogP) is 6.31. The fourth-order valence-electron chi connectivity index (χ4n) is 10.1. The molecule has 4 aliphatic rings. The second kappa shape index (κ2) is 18.8. The van der Waals surface area contributed by atoms with Crippen LogP contribution < -0.4 is 11.1 Å². The van der Waals surface area contributed by atoms with Gasteiger partial charge in [-0.15, -0.1) is 0 Å². The van der Waals surface area contributed by atoms with Gasteiger partial charge in [0.1, 0.15) is 35.5 Å². The predicted molar refractivity (Wildman–Crippen MR) is 235 cm³/mol. The third kappa shape index (κ3) is 9.13. The Bertz CT molecular complexity index is 2880. The van der Waals surface area contributed by atoms with Crippen LogP contribution in [0.4, 0.5) is 13.6 Å². The maximum Gasteiger partial charge on any atom is 0.409 e. The van der Waals surface area contributed by atoms with Crippen LogP contribution in [-0.4, -0.2) is 94.6 Å². The number of piperidine rings is 2. The third-order valence-electron chi connectivity index (χ3n) is 13.9. The summed E-state index contributed by atoms with van der Waals surface area (Å²) in [6.07, 6.45) is 4.22. The van der Waals surface area contributed by atoms with Gasteiger partial charge in [0.25, 0.3) is 11.1 Å². The maximum atomic E-state index is 13.4. The number of hydroxylamine groups is 3. The van der Waals surface area contributed by atoms with Gasteiger partial charge in [0.05, 0.1) is 37.6 Å². The van der Waals surface area contributed by atoms with Crippen LogP contribution in [0.3, 0.4) is 0 Å². The van der Waals surface area contributed by atoms with Gasteiger partial charge in [0, 0.05) is 109 Å². The Morgan fingerprint density at radius 3 is 1.74 bits per heavy atom. The number of benzene rings is 2. The number of likely N-dealkylation sites (tertiary alicyclic amines) is 2. The minimum Gasteiger partial charge on any atom is -0.633 e. The summed E-state index contributed by atoms with van der Waals surface area (Å²) >= 11 is 0. The van der Waals surface area contributed by atoms with Gasteiger partial charge in [-0.2, -0.15) is 0 Å². The van der Waals surface area contributed by atoms with Gasteiger partial charge in [-0.3, -0.25) is 18.7 Å². The Morgan fingerprint density at radius 2 is 1.23 bits per heavy atom.